The van der Waals surface area contributed by atoms with Crippen LogP contribution in [-0.4, -0.2) is 37.3 Å². The molecule has 0 radical (unpaired) electrons. The summed E-state index contributed by atoms with van der Waals surface area (Å²) >= 11 is 13.9. The van der Waals surface area contributed by atoms with Crippen molar-refractivity contribution in [1.29, 1.82) is 0 Å². The zero-order valence-corrected chi connectivity index (χ0v) is 16.5. The van der Waals surface area contributed by atoms with Gasteiger partial charge in [0.2, 0.25) is 0 Å². The van der Waals surface area contributed by atoms with Crippen LogP contribution in [0, 0.1) is 16.7 Å². The molecule has 3 nitrogen and oxygen atoms in total. The summed E-state index contributed by atoms with van der Waals surface area (Å²) in [5.41, 5.74) is -0.702. The van der Waals surface area contributed by atoms with E-state index in [1.807, 2.05) is 13.8 Å². The summed E-state index contributed by atoms with van der Waals surface area (Å²) in [6, 6.07) is 0. The van der Waals surface area contributed by atoms with E-state index in [-0.39, 0.29) is 33.5 Å². The fourth-order valence-corrected chi connectivity index (χ4v) is 6.63. The standard InChI is InChI=1S/C15H21Br2ClO3/c1-7-10(19)11(20)15(17)12(2,3)14(7)5-8(16)13(4,18)6-9(14)21-15/h7-9,11,20H,5-6H2,1-4H3/t7-,8+,9+,11+,13+,14+,15+/m1/s1. The molecule has 1 heterocycles. The number of ketones is 1. The molecule has 21 heavy (non-hydrogen) atoms. The third-order valence-electron chi connectivity index (χ3n) is 6.48. The molecule has 0 aromatic carbocycles. The van der Waals surface area contributed by atoms with Crippen molar-refractivity contribution in [2.24, 2.45) is 16.7 Å². The molecule has 7 atom stereocenters. The maximum atomic E-state index is 12.6. The molecule has 1 N–H and O–H groups in total. The molecule has 1 spiro atoms. The monoisotopic (exact) mass is 442 g/mol. The van der Waals surface area contributed by atoms with E-state index < -0.39 is 15.5 Å². The molecule has 0 unspecified atom stereocenters. The summed E-state index contributed by atoms with van der Waals surface area (Å²) < 4.78 is 5.23. The lowest BCUT2D eigenvalue weighted by molar-refractivity contribution is -0.159. The Morgan fingerprint density at radius 3 is 2.48 bits per heavy atom. The molecule has 3 rings (SSSR count). The topological polar surface area (TPSA) is 46.5 Å². The summed E-state index contributed by atoms with van der Waals surface area (Å²) in [6.45, 7) is 8.11. The predicted octanol–water partition coefficient (Wildman–Crippen LogP) is 3.62. The minimum Gasteiger partial charge on any atom is -0.381 e. The molecular formula is C15H21Br2ClO3. The zero-order chi connectivity index (χ0) is 16.0. The van der Waals surface area contributed by atoms with Crippen LogP contribution in [0.25, 0.3) is 0 Å². The first kappa shape index (κ1) is 16.7. The number of hydrogen-bond donors (Lipinski definition) is 1. The first-order valence-corrected chi connectivity index (χ1v) is 9.42. The van der Waals surface area contributed by atoms with Gasteiger partial charge in [-0.15, -0.1) is 11.6 Å². The Balaban J connectivity index is 2.19. The van der Waals surface area contributed by atoms with Crippen molar-refractivity contribution in [1.82, 2.24) is 0 Å². The van der Waals surface area contributed by atoms with Gasteiger partial charge in [0.1, 0.15) is 0 Å². The van der Waals surface area contributed by atoms with Crippen LogP contribution in [0.4, 0.5) is 0 Å². The number of fused-ring (bicyclic) bond motifs is 1. The first-order chi connectivity index (χ1) is 9.42. The van der Waals surface area contributed by atoms with Gasteiger partial charge in [-0.1, -0.05) is 52.6 Å². The van der Waals surface area contributed by atoms with E-state index in [1.54, 1.807) is 0 Å². The molecule has 0 aromatic rings. The fraction of sp³-hybridized carbons (Fsp3) is 0.933. The van der Waals surface area contributed by atoms with Crippen molar-refractivity contribution in [3.05, 3.63) is 0 Å². The second-order valence-corrected chi connectivity index (χ2v) is 10.7. The number of halogens is 3. The molecule has 1 aliphatic heterocycles. The summed E-state index contributed by atoms with van der Waals surface area (Å²) in [6.07, 6.45) is 0.136. The van der Waals surface area contributed by atoms with Crippen LogP contribution in [0.15, 0.2) is 0 Å². The summed E-state index contributed by atoms with van der Waals surface area (Å²) in [5, 5.41) is 10.5. The molecule has 3 fully saturated rings. The normalized spacial score (nSPS) is 59.0. The molecule has 2 bridgehead atoms. The van der Waals surface area contributed by atoms with Gasteiger partial charge in [0.15, 0.2) is 16.4 Å². The zero-order valence-electron chi connectivity index (χ0n) is 12.6. The maximum absolute atomic E-state index is 12.6. The number of hydrogen-bond acceptors (Lipinski definition) is 3. The molecule has 0 aromatic heterocycles. The van der Waals surface area contributed by atoms with Crippen molar-refractivity contribution in [3.63, 3.8) is 0 Å². The average Bonchev–Trinajstić information content (AvgIpc) is 2.50. The Labute approximate surface area is 147 Å². The van der Waals surface area contributed by atoms with Crippen molar-refractivity contribution >= 4 is 49.2 Å². The SMILES string of the molecule is C[C@@H]1C(=O)[C@H](O)[C@]2(Br)O[C@H]3C[C@](C)(Cl)[C@@H](Br)C[C@@]31C2(C)C. The van der Waals surface area contributed by atoms with Crippen molar-refractivity contribution in [3.8, 4) is 0 Å². The van der Waals surface area contributed by atoms with Gasteiger partial charge < -0.3 is 9.84 Å². The van der Waals surface area contributed by atoms with E-state index in [4.69, 9.17) is 16.3 Å². The highest BCUT2D eigenvalue weighted by Crippen LogP contribution is 2.73. The Hall–Kier alpha value is 0.840. The van der Waals surface area contributed by atoms with Gasteiger partial charge in [-0.3, -0.25) is 4.79 Å². The van der Waals surface area contributed by atoms with Crippen LogP contribution in [0.1, 0.15) is 40.5 Å². The number of carbonyl (C=O) groups excluding carboxylic acids is 1. The highest BCUT2D eigenvalue weighted by molar-refractivity contribution is 9.10. The van der Waals surface area contributed by atoms with Crippen LogP contribution in [-0.2, 0) is 9.53 Å². The number of rotatable bonds is 0. The van der Waals surface area contributed by atoms with E-state index in [9.17, 15) is 9.90 Å². The van der Waals surface area contributed by atoms with Gasteiger partial charge in [0.05, 0.1) is 11.0 Å². The van der Waals surface area contributed by atoms with E-state index >= 15 is 0 Å². The van der Waals surface area contributed by atoms with Crippen molar-refractivity contribution in [2.75, 3.05) is 0 Å². The Morgan fingerprint density at radius 2 is 1.90 bits per heavy atom. The molecule has 1 saturated heterocycles. The lowest BCUT2D eigenvalue weighted by atomic mass is 9.47. The predicted molar refractivity (Wildman–Crippen MR) is 89.1 cm³/mol. The number of alkyl halides is 3. The molecule has 120 valence electrons. The van der Waals surface area contributed by atoms with Crippen LogP contribution >= 0.6 is 43.5 Å². The fourth-order valence-electron chi connectivity index (χ4n) is 4.87. The molecular weight excluding hydrogens is 423 g/mol. The molecule has 2 saturated carbocycles. The van der Waals surface area contributed by atoms with Crippen LogP contribution in [0.2, 0.25) is 0 Å². The summed E-state index contributed by atoms with van der Waals surface area (Å²) in [7, 11) is 0. The van der Waals surface area contributed by atoms with Gasteiger partial charge in [0.25, 0.3) is 0 Å². The summed E-state index contributed by atoms with van der Waals surface area (Å²) in [5.74, 6) is -0.389. The third-order valence-corrected chi connectivity index (χ3v) is 10.1. The van der Waals surface area contributed by atoms with E-state index in [2.05, 4.69) is 45.7 Å². The van der Waals surface area contributed by atoms with Gasteiger partial charge in [-0.05, 0) is 19.8 Å². The van der Waals surface area contributed by atoms with Gasteiger partial charge in [0, 0.05) is 21.6 Å². The highest BCUT2D eigenvalue weighted by atomic mass is 79.9. The van der Waals surface area contributed by atoms with Gasteiger partial charge in [-0.25, -0.2) is 0 Å². The lowest BCUT2D eigenvalue weighted by Gasteiger charge is -2.58. The van der Waals surface area contributed by atoms with E-state index in [1.165, 1.54) is 0 Å². The minimum atomic E-state index is -1.14. The smallest absolute Gasteiger partial charge is 0.168 e. The maximum Gasteiger partial charge on any atom is 0.168 e. The molecule has 0 amide bonds. The van der Waals surface area contributed by atoms with Crippen LogP contribution in [0.5, 0.6) is 0 Å². The van der Waals surface area contributed by atoms with Gasteiger partial charge in [-0.2, -0.15) is 0 Å². The van der Waals surface area contributed by atoms with E-state index in [0.29, 0.717) is 6.42 Å². The largest absolute Gasteiger partial charge is 0.381 e. The molecule has 3 aliphatic rings. The second kappa shape index (κ2) is 4.47. The number of Topliss-reactive ketones (excluding diaryl/α,β-unsaturated/α-hetero) is 1. The number of aliphatic hydroxyl groups excluding tert-OH is 1. The first-order valence-electron chi connectivity index (χ1n) is 7.33. The number of ether oxygens (including phenoxy) is 1. The minimum absolute atomic E-state index is 0.103. The lowest BCUT2D eigenvalue weighted by Crippen LogP contribution is -2.66. The Kier molecular flexibility index (Phi) is 3.55. The van der Waals surface area contributed by atoms with Crippen molar-refractivity contribution in [2.45, 2.75) is 67.0 Å². The molecule has 6 heteroatoms. The van der Waals surface area contributed by atoms with Gasteiger partial charge >= 0.3 is 0 Å². The Bertz CT molecular complexity index is 509. The average molecular weight is 445 g/mol. The Morgan fingerprint density at radius 1 is 1.33 bits per heavy atom. The number of carbonyl (C=O) groups is 1. The highest BCUT2D eigenvalue weighted by Gasteiger charge is 2.79. The second-order valence-electron chi connectivity index (χ2n) is 7.60. The van der Waals surface area contributed by atoms with Crippen molar-refractivity contribution < 1.29 is 14.6 Å². The third kappa shape index (κ3) is 1.71. The van der Waals surface area contributed by atoms with E-state index in [0.717, 1.165) is 6.42 Å². The summed E-state index contributed by atoms with van der Waals surface area (Å²) in [4.78, 5) is 12.3. The van der Waals surface area contributed by atoms with Crippen LogP contribution < -0.4 is 0 Å². The van der Waals surface area contributed by atoms with Crippen LogP contribution in [0.3, 0.4) is 0 Å². The number of aliphatic hydroxyl groups is 1. The quantitative estimate of drug-likeness (QED) is 0.581. The molecule has 2 aliphatic carbocycles.